The van der Waals surface area contributed by atoms with Gasteiger partial charge in [0.2, 0.25) is 0 Å². The molecule has 0 bridgehead atoms. The van der Waals surface area contributed by atoms with Crippen LogP contribution < -0.4 is 0 Å². The van der Waals surface area contributed by atoms with E-state index in [0.29, 0.717) is 25.5 Å². The molecule has 0 aromatic carbocycles. The Morgan fingerprint density at radius 1 is 1.40 bits per heavy atom. The van der Waals surface area contributed by atoms with Gasteiger partial charge in [-0.15, -0.1) is 0 Å². The van der Waals surface area contributed by atoms with Crippen molar-refractivity contribution in [3.8, 4) is 0 Å². The molecule has 0 radical (unpaired) electrons. The van der Waals surface area contributed by atoms with Crippen molar-refractivity contribution in [3.05, 3.63) is 23.8 Å². The Labute approximate surface area is 121 Å². The van der Waals surface area contributed by atoms with Gasteiger partial charge < -0.3 is 0 Å². The van der Waals surface area contributed by atoms with Crippen LogP contribution in [0.1, 0.15) is 44.2 Å². The molecule has 1 aliphatic heterocycles. The van der Waals surface area contributed by atoms with Gasteiger partial charge in [0.05, 0.1) is 11.7 Å². The molecule has 0 spiro atoms. The van der Waals surface area contributed by atoms with Crippen LogP contribution in [0.4, 0.5) is 0 Å². The van der Waals surface area contributed by atoms with Crippen LogP contribution in [0.5, 0.6) is 0 Å². The number of nitrogens with zero attached hydrogens (tertiary/aromatic N) is 4. The third-order valence-corrected chi connectivity index (χ3v) is 5.87. The molecular formula is C13H22N4O2S. The first kappa shape index (κ1) is 15.3. The third kappa shape index (κ3) is 2.84. The zero-order valence-electron chi connectivity index (χ0n) is 12.3. The summed E-state index contributed by atoms with van der Waals surface area (Å²) in [6.07, 6.45) is 3.38. The van der Waals surface area contributed by atoms with Crippen LogP contribution in [0, 0.1) is 6.92 Å². The molecule has 1 saturated heterocycles. The summed E-state index contributed by atoms with van der Waals surface area (Å²) in [5.41, 5.74) is 0.797. The maximum Gasteiger partial charge on any atom is 0.282 e. The second-order valence-corrected chi connectivity index (χ2v) is 6.77. The maximum absolute atomic E-state index is 12.7. The molecule has 7 heteroatoms. The summed E-state index contributed by atoms with van der Waals surface area (Å²) in [6, 6.07) is 1.65. The standard InChI is InChI=1S/C13H22N4O2S/c1-4-16(5-2)20(18,19)17-10-6-7-13(17)12-8-9-14-11(3)15-12/h8-9,13H,4-7,10H2,1-3H3/t13-/m1/s1. The summed E-state index contributed by atoms with van der Waals surface area (Å²) in [5.74, 6) is 0.676. The van der Waals surface area contributed by atoms with Gasteiger partial charge in [0, 0.05) is 25.8 Å². The average molecular weight is 298 g/mol. The van der Waals surface area contributed by atoms with Gasteiger partial charge in [-0.3, -0.25) is 0 Å². The van der Waals surface area contributed by atoms with E-state index >= 15 is 0 Å². The van der Waals surface area contributed by atoms with Gasteiger partial charge in [0.1, 0.15) is 5.82 Å². The van der Waals surface area contributed by atoms with Gasteiger partial charge in [-0.2, -0.15) is 17.0 Å². The van der Waals surface area contributed by atoms with Crippen LogP contribution in [0.3, 0.4) is 0 Å². The van der Waals surface area contributed by atoms with Crippen molar-refractivity contribution in [3.63, 3.8) is 0 Å². The highest BCUT2D eigenvalue weighted by atomic mass is 32.2. The molecule has 1 fully saturated rings. The highest BCUT2D eigenvalue weighted by molar-refractivity contribution is 7.86. The normalized spacial score (nSPS) is 20.7. The van der Waals surface area contributed by atoms with E-state index in [4.69, 9.17) is 0 Å². The molecule has 1 aromatic heterocycles. The van der Waals surface area contributed by atoms with Crippen molar-refractivity contribution in [2.24, 2.45) is 0 Å². The maximum atomic E-state index is 12.7. The number of rotatable bonds is 5. The van der Waals surface area contributed by atoms with E-state index in [1.54, 1.807) is 10.5 Å². The Morgan fingerprint density at radius 2 is 2.10 bits per heavy atom. The molecule has 2 heterocycles. The Kier molecular flexibility index (Phi) is 4.72. The first-order chi connectivity index (χ1) is 9.50. The molecule has 2 rings (SSSR count). The van der Waals surface area contributed by atoms with Gasteiger partial charge in [-0.25, -0.2) is 9.97 Å². The first-order valence-corrected chi connectivity index (χ1v) is 8.46. The molecule has 112 valence electrons. The lowest BCUT2D eigenvalue weighted by molar-refractivity contribution is 0.334. The average Bonchev–Trinajstić information content (AvgIpc) is 2.89. The van der Waals surface area contributed by atoms with Gasteiger partial charge in [0.25, 0.3) is 10.2 Å². The minimum atomic E-state index is -3.40. The Balaban J connectivity index is 2.32. The first-order valence-electron chi connectivity index (χ1n) is 7.07. The van der Waals surface area contributed by atoms with Crippen LogP contribution in [-0.2, 0) is 10.2 Å². The number of hydrogen-bond donors (Lipinski definition) is 0. The second-order valence-electron chi connectivity index (χ2n) is 4.89. The van der Waals surface area contributed by atoms with Gasteiger partial charge in [-0.05, 0) is 25.8 Å². The Hall–Kier alpha value is -1.05. The van der Waals surface area contributed by atoms with Crippen molar-refractivity contribution >= 4 is 10.2 Å². The third-order valence-electron chi connectivity index (χ3n) is 3.67. The van der Waals surface area contributed by atoms with E-state index in [2.05, 4.69) is 9.97 Å². The summed E-state index contributed by atoms with van der Waals surface area (Å²) < 4.78 is 28.4. The summed E-state index contributed by atoms with van der Waals surface area (Å²) >= 11 is 0. The molecule has 1 aromatic rings. The largest absolute Gasteiger partial charge is 0.282 e. The molecule has 0 saturated carbocycles. The number of aromatic nitrogens is 2. The molecule has 0 amide bonds. The fourth-order valence-corrected chi connectivity index (χ4v) is 4.51. The Morgan fingerprint density at radius 3 is 2.70 bits per heavy atom. The summed E-state index contributed by atoms with van der Waals surface area (Å²) in [4.78, 5) is 8.47. The van der Waals surface area contributed by atoms with Crippen LogP contribution in [0.25, 0.3) is 0 Å². The van der Waals surface area contributed by atoms with E-state index in [1.807, 2.05) is 26.8 Å². The van der Waals surface area contributed by atoms with E-state index in [0.717, 1.165) is 18.5 Å². The molecule has 0 N–H and O–H groups in total. The van der Waals surface area contributed by atoms with Gasteiger partial charge in [-0.1, -0.05) is 13.8 Å². The van der Waals surface area contributed by atoms with Crippen molar-refractivity contribution in [1.29, 1.82) is 0 Å². The van der Waals surface area contributed by atoms with Gasteiger partial charge >= 0.3 is 0 Å². The summed E-state index contributed by atoms with van der Waals surface area (Å²) in [5, 5.41) is 0. The predicted octanol–water partition coefficient (Wildman–Crippen LogP) is 1.51. The van der Waals surface area contributed by atoms with Crippen LogP contribution in [0.2, 0.25) is 0 Å². The van der Waals surface area contributed by atoms with Crippen LogP contribution >= 0.6 is 0 Å². The van der Waals surface area contributed by atoms with Crippen molar-refractivity contribution in [2.45, 2.75) is 39.7 Å². The second kappa shape index (κ2) is 6.15. The quantitative estimate of drug-likeness (QED) is 0.826. The van der Waals surface area contributed by atoms with Crippen molar-refractivity contribution in [2.75, 3.05) is 19.6 Å². The lowest BCUT2D eigenvalue weighted by Crippen LogP contribution is -2.43. The highest BCUT2D eigenvalue weighted by Gasteiger charge is 2.38. The zero-order valence-corrected chi connectivity index (χ0v) is 13.1. The molecule has 0 aliphatic carbocycles. The minimum Gasteiger partial charge on any atom is -0.242 e. The molecule has 0 unspecified atom stereocenters. The predicted molar refractivity (Wildman–Crippen MR) is 77.3 cm³/mol. The number of aryl methyl sites for hydroxylation is 1. The monoisotopic (exact) mass is 298 g/mol. The lowest BCUT2D eigenvalue weighted by atomic mass is 10.1. The fourth-order valence-electron chi connectivity index (χ4n) is 2.67. The molecule has 1 atom stereocenters. The summed E-state index contributed by atoms with van der Waals surface area (Å²) in [7, 11) is -3.40. The zero-order chi connectivity index (χ0) is 14.8. The molecule has 6 nitrogen and oxygen atoms in total. The Bertz CT molecular complexity index is 557. The SMILES string of the molecule is CCN(CC)S(=O)(=O)N1CCC[C@@H]1c1ccnc(C)n1. The van der Waals surface area contributed by atoms with Gasteiger partial charge in [0.15, 0.2) is 0 Å². The topological polar surface area (TPSA) is 66.4 Å². The molecular weight excluding hydrogens is 276 g/mol. The highest BCUT2D eigenvalue weighted by Crippen LogP contribution is 2.34. The smallest absolute Gasteiger partial charge is 0.242 e. The van der Waals surface area contributed by atoms with Crippen molar-refractivity contribution in [1.82, 2.24) is 18.6 Å². The van der Waals surface area contributed by atoms with E-state index in [-0.39, 0.29) is 6.04 Å². The van der Waals surface area contributed by atoms with E-state index < -0.39 is 10.2 Å². The van der Waals surface area contributed by atoms with Crippen LogP contribution in [0.15, 0.2) is 12.3 Å². The molecule has 1 aliphatic rings. The van der Waals surface area contributed by atoms with E-state index in [1.165, 1.54) is 4.31 Å². The van der Waals surface area contributed by atoms with Crippen molar-refractivity contribution < 1.29 is 8.42 Å². The fraction of sp³-hybridized carbons (Fsp3) is 0.692. The lowest BCUT2D eigenvalue weighted by Gasteiger charge is -2.29. The number of hydrogen-bond acceptors (Lipinski definition) is 4. The molecule has 20 heavy (non-hydrogen) atoms. The minimum absolute atomic E-state index is 0.165. The van der Waals surface area contributed by atoms with E-state index in [9.17, 15) is 8.42 Å². The summed E-state index contributed by atoms with van der Waals surface area (Å²) in [6.45, 7) is 7.09. The van der Waals surface area contributed by atoms with Crippen LogP contribution in [-0.4, -0.2) is 46.6 Å².